The highest BCUT2D eigenvalue weighted by Crippen LogP contribution is 2.29. The molecule has 2 aromatic heterocycles. The van der Waals surface area contributed by atoms with Crippen LogP contribution < -0.4 is 20.3 Å². The molecule has 0 saturated heterocycles. The number of thioether (sulfide) groups is 1. The minimum atomic E-state index is -0.239. The molecule has 10 heteroatoms. The van der Waals surface area contributed by atoms with E-state index in [1.165, 1.54) is 30.2 Å². The molecule has 2 heterocycles. The normalized spacial score (nSPS) is 10.9. The summed E-state index contributed by atoms with van der Waals surface area (Å²) in [5.74, 6) is 0.975. The molecule has 1 aromatic carbocycles. The van der Waals surface area contributed by atoms with Crippen molar-refractivity contribution in [3.8, 4) is 11.5 Å². The Kier molecular flexibility index (Phi) is 7.13. The van der Waals surface area contributed by atoms with E-state index in [0.29, 0.717) is 45.7 Å². The Morgan fingerprint density at radius 1 is 1.24 bits per heavy atom. The highest BCUT2D eigenvalue weighted by Gasteiger charge is 2.15. The number of hydrogen-bond donors (Lipinski definition) is 1. The average molecular weight is 436 g/mol. The molecule has 0 aliphatic heterocycles. The Hall–Kier alpha value is -2.56. The Balaban J connectivity index is 1.76. The second kappa shape index (κ2) is 9.77. The van der Waals surface area contributed by atoms with E-state index in [-0.39, 0.29) is 17.2 Å². The summed E-state index contributed by atoms with van der Waals surface area (Å²) in [6, 6.07) is 6.94. The fourth-order valence-electron chi connectivity index (χ4n) is 2.63. The number of nitrogens with one attached hydrogen (secondary N) is 1. The SMILES string of the molecule is COCCn1c(SCC(=O)Nc2ccc(OC)cc2OC)nc2ccsc2c1=O. The number of methoxy groups -OCH3 is 3. The van der Waals surface area contributed by atoms with E-state index in [9.17, 15) is 9.59 Å². The number of aromatic nitrogens is 2. The lowest BCUT2D eigenvalue weighted by atomic mass is 10.2. The molecular formula is C19H21N3O5S2. The summed E-state index contributed by atoms with van der Waals surface area (Å²) in [7, 11) is 4.66. The molecule has 0 bridgehead atoms. The molecule has 0 aliphatic carbocycles. The smallest absolute Gasteiger partial charge is 0.272 e. The van der Waals surface area contributed by atoms with Crippen LogP contribution in [0.15, 0.2) is 39.6 Å². The minimum absolute atomic E-state index is 0.0875. The van der Waals surface area contributed by atoms with Gasteiger partial charge in [-0.2, -0.15) is 0 Å². The Labute approximate surface area is 175 Å². The van der Waals surface area contributed by atoms with Gasteiger partial charge >= 0.3 is 0 Å². The Morgan fingerprint density at radius 2 is 2.07 bits per heavy atom. The molecule has 0 fully saturated rings. The summed E-state index contributed by atoms with van der Waals surface area (Å²) < 4.78 is 17.7. The standard InChI is InChI=1S/C19H21N3O5S2/c1-25-8-7-22-18(24)17-14(6-9-28-17)21-19(22)29-11-16(23)20-13-5-4-12(26-2)10-15(13)27-3/h4-6,9-10H,7-8,11H2,1-3H3,(H,20,23). The number of amides is 1. The largest absolute Gasteiger partial charge is 0.497 e. The molecule has 8 nitrogen and oxygen atoms in total. The van der Waals surface area contributed by atoms with Crippen LogP contribution in [0.5, 0.6) is 11.5 Å². The molecule has 154 valence electrons. The first-order valence-corrected chi connectivity index (χ1v) is 10.6. The van der Waals surface area contributed by atoms with Gasteiger partial charge in [0, 0.05) is 13.2 Å². The number of benzene rings is 1. The number of thiophene rings is 1. The summed E-state index contributed by atoms with van der Waals surface area (Å²) in [5.41, 5.74) is 1.05. The lowest BCUT2D eigenvalue weighted by Crippen LogP contribution is -2.25. The van der Waals surface area contributed by atoms with Crippen LogP contribution in [-0.2, 0) is 16.1 Å². The Bertz CT molecular complexity index is 1060. The number of ether oxygens (including phenoxy) is 3. The van der Waals surface area contributed by atoms with E-state index in [1.807, 2.05) is 5.38 Å². The van der Waals surface area contributed by atoms with Gasteiger partial charge in [0.15, 0.2) is 5.16 Å². The van der Waals surface area contributed by atoms with E-state index >= 15 is 0 Å². The number of carbonyl (C=O) groups excluding carboxylic acids is 1. The van der Waals surface area contributed by atoms with Gasteiger partial charge in [0.25, 0.3) is 5.56 Å². The number of fused-ring (bicyclic) bond motifs is 1. The summed E-state index contributed by atoms with van der Waals surface area (Å²) in [4.78, 5) is 29.8. The van der Waals surface area contributed by atoms with Gasteiger partial charge < -0.3 is 19.5 Å². The summed E-state index contributed by atoms with van der Waals surface area (Å²) in [6.07, 6.45) is 0. The zero-order valence-electron chi connectivity index (χ0n) is 16.3. The maximum Gasteiger partial charge on any atom is 0.272 e. The number of anilines is 1. The van der Waals surface area contributed by atoms with Gasteiger partial charge in [-0.1, -0.05) is 11.8 Å². The van der Waals surface area contributed by atoms with Gasteiger partial charge in [-0.05, 0) is 23.6 Å². The molecule has 0 aliphatic rings. The molecule has 0 radical (unpaired) electrons. The molecule has 0 spiro atoms. The predicted octanol–water partition coefficient (Wildman–Crippen LogP) is 2.85. The van der Waals surface area contributed by atoms with E-state index in [4.69, 9.17) is 14.2 Å². The lowest BCUT2D eigenvalue weighted by molar-refractivity contribution is -0.113. The molecule has 29 heavy (non-hydrogen) atoms. The second-order valence-corrected chi connectivity index (χ2v) is 7.74. The first-order chi connectivity index (χ1) is 14.1. The lowest BCUT2D eigenvalue weighted by Gasteiger charge is -2.13. The molecule has 0 saturated carbocycles. The van der Waals surface area contributed by atoms with Crippen LogP contribution in [-0.4, -0.2) is 49.1 Å². The summed E-state index contributed by atoms with van der Waals surface area (Å²) in [6.45, 7) is 0.744. The van der Waals surface area contributed by atoms with Crippen molar-refractivity contribution >= 4 is 44.9 Å². The van der Waals surface area contributed by atoms with E-state index in [2.05, 4.69) is 10.3 Å². The maximum absolute atomic E-state index is 12.7. The van der Waals surface area contributed by atoms with Crippen LogP contribution in [0.2, 0.25) is 0 Å². The monoisotopic (exact) mass is 435 g/mol. The van der Waals surface area contributed by atoms with Crippen molar-refractivity contribution in [2.24, 2.45) is 0 Å². The molecule has 0 atom stereocenters. The van der Waals surface area contributed by atoms with Crippen molar-refractivity contribution in [2.75, 3.05) is 39.0 Å². The molecule has 3 rings (SSSR count). The topological polar surface area (TPSA) is 91.7 Å². The third kappa shape index (κ3) is 4.89. The van der Waals surface area contributed by atoms with Crippen LogP contribution in [0, 0.1) is 0 Å². The van der Waals surface area contributed by atoms with Crippen molar-refractivity contribution in [1.82, 2.24) is 9.55 Å². The van der Waals surface area contributed by atoms with Gasteiger partial charge in [0.2, 0.25) is 5.91 Å². The fourth-order valence-corrected chi connectivity index (χ4v) is 4.24. The molecular weight excluding hydrogens is 414 g/mol. The van der Waals surface area contributed by atoms with Crippen molar-refractivity contribution in [1.29, 1.82) is 0 Å². The highest BCUT2D eigenvalue weighted by molar-refractivity contribution is 7.99. The molecule has 1 N–H and O–H groups in total. The van der Waals surface area contributed by atoms with E-state index in [1.54, 1.807) is 43.1 Å². The zero-order valence-corrected chi connectivity index (χ0v) is 17.9. The second-order valence-electron chi connectivity index (χ2n) is 5.88. The summed E-state index contributed by atoms with van der Waals surface area (Å²) in [5, 5.41) is 5.13. The van der Waals surface area contributed by atoms with Gasteiger partial charge in [0.05, 0.1) is 44.3 Å². The zero-order chi connectivity index (χ0) is 20.8. The number of nitrogens with zero attached hydrogens (tertiary/aromatic N) is 2. The minimum Gasteiger partial charge on any atom is -0.497 e. The van der Waals surface area contributed by atoms with Crippen LogP contribution in [0.3, 0.4) is 0 Å². The third-order valence-electron chi connectivity index (χ3n) is 4.06. The van der Waals surface area contributed by atoms with Crippen molar-refractivity contribution < 1.29 is 19.0 Å². The van der Waals surface area contributed by atoms with Gasteiger partial charge in [0.1, 0.15) is 16.2 Å². The van der Waals surface area contributed by atoms with Crippen molar-refractivity contribution in [3.63, 3.8) is 0 Å². The fraction of sp³-hybridized carbons (Fsp3) is 0.316. The van der Waals surface area contributed by atoms with Gasteiger partial charge in [-0.3, -0.25) is 14.2 Å². The first-order valence-electron chi connectivity index (χ1n) is 8.69. The van der Waals surface area contributed by atoms with Crippen LogP contribution in [0.4, 0.5) is 5.69 Å². The highest BCUT2D eigenvalue weighted by atomic mass is 32.2. The predicted molar refractivity (Wildman–Crippen MR) is 115 cm³/mol. The van der Waals surface area contributed by atoms with Crippen LogP contribution in [0.1, 0.15) is 0 Å². The molecule has 3 aromatic rings. The van der Waals surface area contributed by atoms with Gasteiger partial charge in [-0.15, -0.1) is 11.3 Å². The number of rotatable bonds is 9. The molecule has 1 amide bonds. The van der Waals surface area contributed by atoms with E-state index in [0.717, 1.165) is 0 Å². The first kappa shape index (κ1) is 21.2. The number of hydrogen-bond acceptors (Lipinski definition) is 8. The summed E-state index contributed by atoms with van der Waals surface area (Å²) >= 11 is 2.56. The maximum atomic E-state index is 12.7. The number of carbonyl (C=O) groups is 1. The molecule has 0 unspecified atom stereocenters. The Morgan fingerprint density at radius 3 is 2.79 bits per heavy atom. The third-order valence-corrected chi connectivity index (χ3v) is 5.93. The average Bonchev–Trinajstić information content (AvgIpc) is 3.21. The van der Waals surface area contributed by atoms with Crippen LogP contribution >= 0.6 is 23.1 Å². The van der Waals surface area contributed by atoms with E-state index < -0.39 is 0 Å². The quantitative estimate of drug-likeness (QED) is 0.408. The van der Waals surface area contributed by atoms with Gasteiger partial charge in [-0.25, -0.2) is 4.98 Å². The van der Waals surface area contributed by atoms with Crippen molar-refractivity contribution in [3.05, 3.63) is 40.0 Å². The van der Waals surface area contributed by atoms with Crippen LogP contribution in [0.25, 0.3) is 10.2 Å². The van der Waals surface area contributed by atoms with Crippen molar-refractivity contribution in [2.45, 2.75) is 11.7 Å².